The molecule has 2 heterocycles. The molecule has 1 aromatic carbocycles. The van der Waals surface area contributed by atoms with Crippen LogP contribution in [-0.2, 0) is 11.2 Å². The van der Waals surface area contributed by atoms with Crippen LogP contribution in [0.3, 0.4) is 0 Å². The van der Waals surface area contributed by atoms with Gasteiger partial charge in [0.1, 0.15) is 5.75 Å². The minimum absolute atomic E-state index is 0.133. The minimum atomic E-state index is -1.01. The van der Waals surface area contributed by atoms with Crippen molar-refractivity contribution in [1.82, 2.24) is 10.3 Å². The summed E-state index contributed by atoms with van der Waals surface area (Å²) in [4.78, 5) is 27.0. The zero-order valence-electron chi connectivity index (χ0n) is 13.3. The first-order valence-electron chi connectivity index (χ1n) is 7.67. The van der Waals surface area contributed by atoms with Crippen LogP contribution in [0.4, 0.5) is 0 Å². The van der Waals surface area contributed by atoms with E-state index in [0.717, 1.165) is 15.8 Å². The van der Waals surface area contributed by atoms with E-state index in [1.54, 1.807) is 18.3 Å². The van der Waals surface area contributed by atoms with Gasteiger partial charge in [-0.2, -0.15) is 0 Å². The van der Waals surface area contributed by atoms with Crippen LogP contribution in [0.25, 0.3) is 10.2 Å². The van der Waals surface area contributed by atoms with Gasteiger partial charge in [0.15, 0.2) is 6.61 Å². The van der Waals surface area contributed by atoms with Crippen LogP contribution in [0, 0.1) is 0 Å². The summed E-state index contributed by atoms with van der Waals surface area (Å²) in [6, 6.07) is 10.9. The monoisotopic (exact) mass is 356 g/mol. The second-order valence-corrected chi connectivity index (χ2v) is 6.24. The topological polar surface area (TPSA) is 88.5 Å². The Hall–Kier alpha value is -2.93. The Balaban J connectivity index is 1.52. The zero-order valence-corrected chi connectivity index (χ0v) is 14.1. The number of carbonyl (C=O) groups is 2. The van der Waals surface area contributed by atoms with Gasteiger partial charge in [-0.15, -0.1) is 11.3 Å². The number of rotatable bonds is 7. The summed E-state index contributed by atoms with van der Waals surface area (Å²) in [7, 11) is 0. The van der Waals surface area contributed by atoms with Crippen molar-refractivity contribution in [3.63, 3.8) is 0 Å². The van der Waals surface area contributed by atoms with Gasteiger partial charge in [-0.05, 0) is 36.2 Å². The summed E-state index contributed by atoms with van der Waals surface area (Å²) < 4.78 is 6.07. The van der Waals surface area contributed by atoms with Crippen molar-refractivity contribution in [2.75, 3.05) is 13.2 Å². The second kappa shape index (κ2) is 7.76. The van der Waals surface area contributed by atoms with Gasteiger partial charge in [0.05, 0.1) is 15.8 Å². The molecular formula is C18H16N2O4S. The number of nitrogens with zero attached hydrogens (tertiary/aromatic N) is 1. The summed E-state index contributed by atoms with van der Waals surface area (Å²) in [5.74, 6) is -0.639. The SMILES string of the molecule is O=C(O)COc1ccc(CCNC(=O)c2csc3cccnc23)cc1. The second-order valence-electron chi connectivity index (χ2n) is 5.33. The number of carbonyl (C=O) groups excluding carboxylic acids is 1. The van der Waals surface area contributed by atoms with Gasteiger partial charge in [0.25, 0.3) is 5.91 Å². The van der Waals surface area contributed by atoms with E-state index < -0.39 is 5.97 Å². The van der Waals surface area contributed by atoms with E-state index in [0.29, 0.717) is 24.3 Å². The van der Waals surface area contributed by atoms with Crippen molar-refractivity contribution in [2.24, 2.45) is 0 Å². The molecule has 2 aromatic heterocycles. The highest BCUT2D eigenvalue weighted by atomic mass is 32.1. The Morgan fingerprint density at radius 3 is 2.76 bits per heavy atom. The van der Waals surface area contributed by atoms with E-state index in [9.17, 15) is 9.59 Å². The molecule has 0 aliphatic carbocycles. The average Bonchev–Trinajstić information content (AvgIpc) is 3.05. The third-order valence-electron chi connectivity index (χ3n) is 3.56. The first-order chi connectivity index (χ1) is 12.1. The molecule has 0 aliphatic rings. The van der Waals surface area contributed by atoms with E-state index in [4.69, 9.17) is 9.84 Å². The molecule has 0 radical (unpaired) electrons. The normalized spacial score (nSPS) is 10.6. The lowest BCUT2D eigenvalue weighted by molar-refractivity contribution is -0.139. The van der Waals surface area contributed by atoms with Gasteiger partial charge in [0.2, 0.25) is 0 Å². The van der Waals surface area contributed by atoms with E-state index in [1.165, 1.54) is 11.3 Å². The van der Waals surface area contributed by atoms with Gasteiger partial charge in [-0.3, -0.25) is 9.78 Å². The first-order valence-corrected chi connectivity index (χ1v) is 8.55. The van der Waals surface area contributed by atoms with Crippen LogP contribution in [-0.4, -0.2) is 35.1 Å². The van der Waals surface area contributed by atoms with Crippen LogP contribution in [0.1, 0.15) is 15.9 Å². The highest BCUT2D eigenvalue weighted by Gasteiger charge is 2.12. The van der Waals surface area contributed by atoms with Gasteiger partial charge in [-0.25, -0.2) is 4.79 Å². The lowest BCUT2D eigenvalue weighted by atomic mass is 10.1. The number of carboxylic acids is 1. The molecule has 0 spiro atoms. The van der Waals surface area contributed by atoms with Crippen molar-refractivity contribution < 1.29 is 19.4 Å². The molecule has 7 heteroatoms. The Labute approximate surface area is 148 Å². The summed E-state index contributed by atoms with van der Waals surface area (Å²) in [6.07, 6.45) is 2.35. The number of thiophene rings is 1. The molecule has 0 unspecified atom stereocenters. The summed E-state index contributed by atoms with van der Waals surface area (Å²) in [6.45, 7) is 0.135. The molecule has 25 heavy (non-hydrogen) atoms. The van der Waals surface area contributed by atoms with Crippen LogP contribution in [0.2, 0.25) is 0 Å². The van der Waals surface area contributed by atoms with Gasteiger partial charge >= 0.3 is 5.97 Å². The Kier molecular flexibility index (Phi) is 5.25. The number of carboxylic acid groups (broad SMARTS) is 1. The number of hydrogen-bond donors (Lipinski definition) is 2. The summed E-state index contributed by atoms with van der Waals surface area (Å²) in [5, 5.41) is 13.3. The molecule has 2 N–H and O–H groups in total. The molecule has 3 aromatic rings. The Bertz CT molecular complexity index is 889. The molecule has 0 saturated heterocycles. The number of aromatic nitrogens is 1. The molecule has 0 atom stereocenters. The fourth-order valence-electron chi connectivity index (χ4n) is 2.34. The van der Waals surface area contributed by atoms with Crippen molar-refractivity contribution in [3.05, 3.63) is 59.1 Å². The molecular weight excluding hydrogens is 340 g/mol. The standard InChI is InChI=1S/C18H16N2O4S/c21-16(22)10-24-13-5-3-12(4-6-13)7-9-20-18(23)14-11-25-15-2-1-8-19-17(14)15/h1-6,8,11H,7,9-10H2,(H,20,23)(H,21,22). The zero-order chi connectivity index (χ0) is 17.6. The number of nitrogens with one attached hydrogen (secondary N) is 1. The van der Waals surface area contributed by atoms with E-state index in [2.05, 4.69) is 10.3 Å². The lowest BCUT2D eigenvalue weighted by Gasteiger charge is -2.06. The minimum Gasteiger partial charge on any atom is -0.482 e. The van der Waals surface area contributed by atoms with Gasteiger partial charge in [-0.1, -0.05) is 12.1 Å². The first kappa shape index (κ1) is 16.9. The maximum absolute atomic E-state index is 12.3. The van der Waals surface area contributed by atoms with E-state index in [1.807, 2.05) is 29.6 Å². The lowest BCUT2D eigenvalue weighted by Crippen LogP contribution is -2.25. The molecule has 0 aliphatic heterocycles. The van der Waals surface area contributed by atoms with Crippen LogP contribution in [0.5, 0.6) is 5.75 Å². The molecule has 0 saturated carbocycles. The number of benzene rings is 1. The highest BCUT2D eigenvalue weighted by Crippen LogP contribution is 2.23. The van der Waals surface area contributed by atoms with Crippen LogP contribution in [0.15, 0.2) is 48.0 Å². The molecule has 1 amide bonds. The number of fused-ring (bicyclic) bond motifs is 1. The number of aliphatic carboxylic acids is 1. The third-order valence-corrected chi connectivity index (χ3v) is 4.50. The fourth-order valence-corrected chi connectivity index (χ4v) is 3.24. The predicted molar refractivity (Wildman–Crippen MR) is 95.2 cm³/mol. The maximum atomic E-state index is 12.3. The van der Waals surface area contributed by atoms with E-state index in [-0.39, 0.29) is 12.5 Å². The largest absolute Gasteiger partial charge is 0.482 e. The van der Waals surface area contributed by atoms with E-state index >= 15 is 0 Å². The van der Waals surface area contributed by atoms with Crippen molar-refractivity contribution in [1.29, 1.82) is 0 Å². The van der Waals surface area contributed by atoms with Gasteiger partial charge in [0, 0.05) is 18.1 Å². The average molecular weight is 356 g/mol. The number of ether oxygens (including phenoxy) is 1. The van der Waals surface area contributed by atoms with Gasteiger partial charge < -0.3 is 15.2 Å². The van der Waals surface area contributed by atoms with Crippen molar-refractivity contribution in [2.45, 2.75) is 6.42 Å². The smallest absolute Gasteiger partial charge is 0.341 e. The third kappa shape index (κ3) is 4.33. The van der Waals surface area contributed by atoms with Crippen LogP contribution >= 0.6 is 11.3 Å². The molecule has 128 valence electrons. The van der Waals surface area contributed by atoms with Crippen molar-refractivity contribution >= 4 is 33.4 Å². The fraction of sp³-hybridized carbons (Fsp3) is 0.167. The Morgan fingerprint density at radius 1 is 1.20 bits per heavy atom. The Morgan fingerprint density at radius 2 is 2.00 bits per heavy atom. The molecule has 3 rings (SSSR count). The van der Waals surface area contributed by atoms with Crippen LogP contribution < -0.4 is 10.1 Å². The highest BCUT2D eigenvalue weighted by molar-refractivity contribution is 7.17. The quantitative estimate of drug-likeness (QED) is 0.679. The maximum Gasteiger partial charge on any atom is 0.341 e. The van der Waals surface area contributed by atoms with Crippen molar-refractivity contribution in [3.8, 4) is 5.75 Å². The number of amides is 1. The number of pyridine rings is 1. The summed E-state index contributed by atoms with van der Waals surface area (Å²) in [5.41, 5.74) is 2.35. The molecule has 6 nitrogen and oxygen atoms in total. The summed E-state index contributed by atoms with van der Waals surface area (Å²) >= 11 is 1.50. The molecule has 0 bridgehead atoms. The molecule has 0 fully saturated rings. The number of hydrogen-bond acceptors (Lipinski definition) is 5. The predicted octanol–water partition coefficient (Wildman–Crippen LogP) is 2.73.